The second kappa shape index (κ2) is 10.7. The van der Waals surface area contributed by atoms with Crippen LogP contribution in [0.3, 0.4) is 0 Å². The van der Waals surface area contributed by atoms with E-state index in [9.17, 15) is 21.6 Å². The Morgan fingerprint density at radius 2 is 1.70 bits per heavy atom. The van der Waals surface area contributed by atoms with Crippen LogP contribution in [0, 0.1) is 0 Å². The molecule has 1 aliphatic rings. The summed E-state index contributed by atoms with van der Waals surface area (Å²) in [6.45, 7) is 2.18. The molecular formula is C22H29N3O6S2. The lowest BCUT2D eigenvalue weighted by Gasteiger charge is -2.33. The molecule has 3 rings (SSSR count). The first-order chi connectivity index (χ1) is 15.6. The molecule has 2 aromatic carbocycles. The number of carbonyl (C=O) groups excluding carboxylic acids is 1. The number of piperidine rings is 1. The summed E-state index contributed by atoms with van der Waals surface area (Å²) in [6.07, 6.45) is 1.82. The maximum Gasteiger partial charge on any atom is 0.243 e. The molecule has 0 aromatic heterocycles. The molecule has 0 bridgehead atoms. The number of rotatable bonds is 9. The van der Waals surface area contributed by atoms with E-state index in [4.69, 9.17) is 4.74 Å². The highest BCUT2D eigenvalue weighted by Crippen LogP contribution is 2.26. The summed E-state index contributed by atoms with van der Waals surface area (Å²) < 4.78 is 59.8. The zero-order chi connectivity index (χ0) is 24.1. The van der Waals surface area contributed by atoms with Crippen molar-refractivity contribution in [1.29, 1.82) is 0 Å². The first kappa shape index (κ1) is 25.3. The first-order valence-electron chi connectivity index (χ1n) is 10.6. The number of benzene rings is 2. The number of sulfonamides is 2. The number of hydrogen-bond donors (Lipinski definition) is 2. The van der Waals surface area contributed by atoms with Crippen molar-refractivity contribution in [2.45, 2.75) is 48.1 Å². The lowest BCUT2D eigenvalue weighted by Crippen LogP contribution is -2.49. The number of methoxy groups -OCH3 is 1. The molecule has 9 nitrogen and oxygen atoms in total. The van der Waals surface area contributed by atoms with Crippen LogP contribution in [0.2, 0.25) is 0 Å². The molecule has 0 radical (unpaired) electrons. The highest BCUT2D eigenvalue weighted by atomic mass is 32.2. The van der Waals surface area contributed by atoms with Crippen LogP contribution >= 0.6 is 0 Å². The van der Waals surface area contributed by atoms with Gasteiger partial charge in [0.25, 0.3) is 0 Å². The molecule has 33 heavy (non-hydrogen) atoms. The monoisotopic (exact) mass is 495 g/mol. The van der Waals surface area contributed by atoms with Crippen molar-refractivity contribution in [1.82, 2.24) is 9.03 Å². The number of carbonyl (C=O) groups is 1. The number of nitrogens with zero attached hydrogens (tertiary/aromatic N) is 1. The zero-order valence-electron chi connectivity index (χ0n) is 18.6. The van der Waals surface area contributed by atoms with E-state index >= 15 is 0 Å². The predicted octanol–water partition coefficient (Wildman–Crippen LogP) is 2.18. The minimum Gasteiger partial charge on any atom is -0.383 e. The molecule has 11 heteroatoms. The Balaban J connectivity index is 1.73. The third kappa shape index (κ3) is 6.18. The summed E-state index contributed by atoms with van der Waals surface area (Å²) in [4.78, 5) is 13.2. The van der Waals surface area contributed by atoms with Gasteiger partial charge in [-0.3, -0.25) is 4.79 Å². The maximum atomic E-state index is 13.1. The van der Waals surface area contributed by atoms with Crippen LogP contribution in [-0.4, -0.2) is 59.4 Å². The van der Waals surface area contributed by atoms with Gasteiger partial charge in [-0.2, -0.15) is 4.31 Å². The second-order valence-electron chi connectivity index (χ2n) is 7.93. The third-order valence-corrected chi connectivity index (χ3v) is 8.84. The van der Waals surface area contributed by atoms with Gasteiger partial charge in [0.15, 0.2) is 0 Å². The van der Waals surface area contributed by atoms with Gasteiger partial charge >= 0.3 is 0 Å². The van der Waals surface area contributed by atoms with Gasteiger partial charge in [-0.1, -0.05) is 24.6 Å². The molecule has 2 aromatic rings. The van der Waals surface area contributed by atoms with Crippen LogP contribution in [0.4, 0.5) is 5.69 Å². The number of amides is 1. The normalized spacial score (nSPS) is 18.5. The average molecular weight is 496 g/mol. The Hall–Kier alpha value is -2.31. The van der Waals surface area contributed by atoms with Gasteiger partial charge in [0.1, 0.15) is 6.04 Å². The van der Waals surface area contributed by atoms with Gasteiger partial charge in [-0.05, 0) is 56.2 Å². The fourth-order valence-electron chi connectivity index (χ4n) is 3.74. The highest BCUT2D eigenvalue weighted by molar-refractivity contribution is 7.89. The fourth-order valence-corrected chi connectivity index (χ4v) is 6.65. The van der Waals surface area contributed by atoms with Crippen LogP contribution in [0.15, 0.2) is 64.4 Å². The van der Waals surface area contributed by atoms with E-state index in [1.807, 2.05) is 0 Å². The topological polar surface area (TPSA) is 122 Å². The number of hydrogen-bond acceptors (Lipinski definition) is 6. The zero-order valence-corrected chi connectivity index (χ0v) is 20.2. The molecule has 2 N–H and O–H groups in total. The molecule has 0 saturated carbocycles. The average Bonchev–Trinajstić information content (AvgIpc) is 2.80. The summed E-state index contributed by atoms with van der Waals surface area (Å²) in [7, 11) is -6.07. The minimum absolute atomic E-state index is 0.0504. The van der Waals surface area contributed by atoms with Gasteiger partial charge in [0, 0.05) is 25.4 Å². The fraction of sp³-hybridized carbons (Fsp3) is 0.409. The van der Waals surface area contributed by atoms with Crippen molar-refractivity contribution in [3.05, 3.63) is 54.6 Å². The second-order valence-corrected chi connectivity index (χ2v) is 11.5. The molecule has 2 atom stereocenters. The van der Waals surface area contributed by atoms with E-state index in [0.29, 0.717) is 18.5 Å². The molecule has 1 aliphatic heterocycles. The summed E-state index contributed by atoms with van der Waals surface area (Å²) in [5, 5.41) is 2.72. The molecule has 1 heterocycles. The van der Waals surface area contributed by atoms with Crippen molar-refractivity contribution >= 4 is 31.6 Å². The van der Waals surface area contributed by atoms with E-state index in [-0.39, 0.29) is 22.9 Å². The van der Waals surface area contributed by atoms with Crippen LogP contribution in [0.25, 0.3) is 0 Å². The van der Waals surface area contributed by atoms with E-state index in [1.54, 1.807) is 25.1 Å². The molecule has 1 amide bonds. The molecule has 0 aliphatic carbocycles. The van der Waals surface area contributed by atoms with E-state index in [0.717, 1.165) is 6.42 Å². The van der Waals surface area contributed by atoms with Crippen molar-refractivity contribution < 1.29 is 26.4 Å². The van der Waals surface area contributed by atoms with Crippen molar-refractivity contribution in [2.24, 2.45) is 0 Å². The van der Waals surface area contributed by atoms with Crippen LogP contribution < -0.4 is 10.0 Å². The van der Waals surface area contributed by atoms with Gasteiger partial charge in [0.2, 0.25) is 26.0 Å². The van der Waals surface area contributed by atoms with Crippen molar-refractivity contribution in [3.63, 3.8) is 0 Å². The highest BCUT2D eigenvalue weighted by Gasteiger charge is 2.37. The number of nitrogens with one attached hydrogen (secondary N) is 2. The molecular weight excluding hydrogens is 466 g/mol. The quantitative estimate of drug-likeness (QED) is 0.550. The summed E-state index contributed by atoms with van der Waals surface area (Å²) in [6, 6.07) is 12.5. The van der Waals surface area contributed by atoms with Crippen molar-refractivity contribution in [2.75, 3.05) is 25.6 Å². The molecule has 1 fully saturated rings. The third-order valence-electron chi connectivity index (χ3n) is 5.31. The van der Waals surface area contributed by atoms with Crippen LogP contribution in [-0.2, 0) is 29.6 Å². The molecule has 0 spiro atoms. The number of ether oxygens (including phenoxy) is 1. The van der Waals surface area contributed by atoms with E-state index < -0.39 is 38.0 Å². The predicted molar refractivity (Wildman–Crippen MR) is 125 cm³/mol. The SMILES string of the molecule is COCC(C)NS(=O)(=O)c1ccc(NC(=O)C2CCCCN2S(=O)(=O)c2ccccc2)cc1. The van der Waals surface area contributed by atoms with Gasteiger partial charge in [0.05, 0.1) is 16.4 Å². The largest absolute Gasteiger partial charge is 0.383 e. The molecule has 2 unspecified atom stereocenters. The number of anilines is 1. The Morgan fingerprint density at radius 1 is 1.03 bits per heavy atom. The summed E-state index contributed by atoms with van der Waals surface area (Å²) in [5.41, 5.74) is 0.381. The lowest BCUT2D eigenvalue weighted by atomic mass is 10.0. The van der Waals surface area contributed by atoms with Crippen LogP contribution in [0.5, 0.6) is 0 Å². The first-order valence-corrected chi connectivity index (χ1v) is 13.6. The Bertz CT molecular complexity index is 1150. The maximum absolute atomic E-state index is 13.1. The molecule has 180 valence electrons. The standard InChI is InChI=1S/C22H29N3O6S2/c1-17(16-31-2)24-32(27,28)19-13-11-18(12-14-19)23-22(26)21-10-6-7-15-25(21)33(29,30)20-8-4-3-5-9-20/h3-5,8-9,11-14,17,21,24H,6-7,10,15-16H2,1-2H3,(H,23,26). The lowest BCUT2D eigenvalue weighted by molar-refractivity contribution is -0.120. The van der Waals surface area contributed by atoms with Gasteiger partial charge in [-0.25, -0.2) is 21.6 Å². The Morgan fingerprint density at radius 3 is 2.33 bits per heavy atom. The van der Waals surface area contributed by atoms with Crippen molar-refractivity contribution in [3.8, 4) is 0 Å². The van der Waals surface area contributed by atoms with E-state index in [1.165, 1.54) is 47.8 Å². The smallest absolute Gasteiger partial charge is 0.243 e. The van der Waals surface area contributed by atoms with Crippen LogP contribution in [0.1, 0.15) is 26.2 Å². The van der Waals surface area contributed by atoms with Gasteiger partial charge < -0.3 is 10.1 Å². The Kier molecular flexibility index (Phi) is 8.24. The van der Waals surface area contributed by atoms with E-state index in [2.05, 4.69) is 10.0 Å². The summed E-state index contributed by atoms with van der Waals surface area (Å²) >= 11 is 0. The Labute approximate surface area is 195 Å². The van der Waals surface area contributed by atoms with Gasteiger partial charge in [-0.15, -0.1) is 0 Å². The minimum atomic E-state index is -3.82. The summed E-state index contributed by atoms with van der Waals surface area (Å²) in [5.74, 6) is -0.448. The molecule has 1 saturated heterocycles.